The van der Waals surface area contributed by atoms with E-state index in [-0.39, 0.29) is 6.61 Å². The maximum atomic E-state index is 9.28. The number of pyridine rings is 1. The minimum atomic E-state index is 0.154. The maximum Gasteiger partial charge on any atom is 0.0724 e. The Labute approximate surface area is 112 Å². The first-order valence-electron chi connectivity index (χ1n) is 6.82. The Morgan fingerprint density at radius 1 is 1.32 bits per heavy atom. The molecule has 3 rings (SSSR count). The molecule has 1 aromatic heterocycles. The predicted molar refractivity (Wildman–Crippen MR) is 78.2 cm³/mol. The van der Waals surface area contributed by atoms with Crippen molar-refractivity contribution in [2.45, 2.75) is 25.3 Å². The third-order valence-corrected chi connectivity index (χ3v) is 3.97. The fraction of sp³-hybridized carbons (Fsp3) is 0.400. The van der Waals surface area contributed by atoms with Crippen LogP contribution in [0.3, 0.4) is 0 Å². The lowest BCUT2D eigenvalue weighted by atomic mass is 9.90. The van der Waals surface area contributed by atoms with Crippen LogP contribution in [0.2, 0.25) is 0 Å². The van der Waals surface area contributed by atoms with Gasteiger partial charge in [-0.3, -0.25) is 4.98 Å². The molecule has 1 fully saturated rings. The summed E-state index contributed by atoms with van der Waals surface area (Å²) in [6.45, 7) is 0.793. The molecule has 3 N–H and O–H groups in total. The molecule has 100 valence electrons. The van der Waals surface area contributed by atoms with Crippen molar-refractivity contribution < 1.29 is 5.11 Å². The zero-order valence-corrected chi connectivity index (χ0v) is 10.9. The molecule has 0 amide bonds. The molecule has 19 heavy (non-hydrogen) atoms. The molecule has 0 radical (unpaired) electrons. The summed E-state index contributed by atoms with van der Waals surface area (Å²) in [6, 6.07) is 8.45. The first-order valence-corrected chi connectivity index (χ1v) is 6.82. The van der Waals surface area contributed by atoms with Crippen molar-refractivity contribution in [1.82, 2.24) is 4.98 Å². The molecule has 1 aromatic carbocycles. The summed E-state index contributed by atoms with van der Waals surface area (Å²) < 4.78 is 0. The van der Waals surface area contributed by atoms with Gasteiger partial charge in [0.05, 0.1) is 23.5 Å². The standard InChI is InChI=1S/C15H19N3O/c16-15-12-5-2-8-17-13(12)6-7-14(15)18(9-10-19)11-3-1-4-11/h2,5-8,11,19H,1,3-4,9-10,16H2. The van der Waals surface area contributed by atoms with E-state index in [2.05, 4.69) is 9.88 Å². The largest absolute Gasteiger partial charge is 0.396 e. The molecule has 0 atom stereocenters. The molecule has 0 saturated heterocycles. The summed E-state index contributed by atoms with van der Waals surface area (Å²) >= 11 is 0. The third-order valence-electron chi connectivity index (χ3n) is 3.97. The Morgan fingerprint density at radius 2 is 2.16 bits per heavy atom. The highest BCUT2D eigenvalue weighted by Gasteiger charge is 2.26. The van der Waals surface area contributed by atoms with Gasteiger partial charge < -0.3 is 15.7 Å². The minimum Gasteiger partial charge on any atom is -0.396 e. The Balaban J connectivity index is 2.04. The van der Waals surface area contributed by atoms with E-state index in [1.807, 2.05) is 24.3 Å². The van der Waals surface area contributed by atoms with Crippen LogP contribution in [0.15, 0.2) is 30.5 Å². The van der Waals surface area contributed by atoms with Crippen molar-refractivity contribution in [3.63, 3.8) is 0 Å². The van der Waals surface area contributed by atoms with E-state index in [1.165, 1.54) is 19.3 Å². The monoisotopic (exact) mass is 257 g/mol. The van der Waals surface area contributed by atoms with Crippen molar-refractivity contribution in [3.05, 3.63) is 30.5 Å². The second-order valence-corrected chi connectivity index (χ2v) is 5.07. The van der Waals surface area contributed by atoms with Crippen LogP contribution in [0.4, 0.5) is 11.4 Å². The average Bonchev–Trinajstić information content (AvgIpc) is 2.37. The molecule has 1 aliphatic carbocycles. The van der Waals surface area contributed by atoms with Crippen LogP contribution in [0.5, 0.6) is 0 Å². The molecule has 1 saturated carbocycles. The number of aliphatic hydroxyl groups is 1. The van der Waals surface area contributed by atoms with Gasteiger partial charge in [-0.2, -0.15) is 0 Å². The number of anilines is 2. The zero-order valence-electron chi connectivity index (χ0n) is 10.9. The van der Waals surface area contributed by atoms with Crippen LogP contribution < -0.4 is 10.6 Å². The highest BCUT2D eigenvalue weighted by Crippen LogP contribution is 2.35. The van der Waals surface area contributed by atoms with Crippen molar-refractivity contribution in [2.75, 3.05) is 23.8 Å². The first kappa shape index (κ1) is 12.2. The van der Waals surface area contributed by atoms with Crippen molar-refractivity contribution in [3.8, 4) is 0 Å². The third kappa shape index (κ3) is 2.12. The number of nitrogens with two attached hydrogens (primary N) is 1. The van der Waals surface area contributed by atoms with Gasteiger partial charge in [0.15, 0.2) is 0 Å². The number of nitrogens with zero attached hydrogens (tertiary/aromatic N) is 2. The summed E-state index contributed by atoms with van der Waals surface area (Å²) in [5, 5.41) is 10.3. The van der Waals surface area contributed by atoms with Crippen LogP contribution in [0, 0.1) is 0 Å². The first-order chi connectivity index (χ1) is 9.31. The topological polar surface area (TPSA) is 62.4 Å². The highest BCUT2D eigenvalue weighted by molar-refractivity contribution is 5.97. The lowest BCUT2D eigenvalue weighted by Crippen LogP contribution is -2.42. The molecule has 0 aliphatic heterocycles. The number of benzene rings is 1. The van der Waals surface area contributed by atoms with Gasteiger partial charge in [0, 0.05) is 24.2 Å². The molecule has 0 spiro atoms. The van der Waals surface area contributed by atoms with E-state index in [0.29, 0.717) is 12.6 Å². The maximum absolute atomic E-state index is 9.28. The second kappa shape index (κ2) is 5.05. The SMILES string of the molecule is Nc1c(N(CCO)C2CCC2)ccc2ncccc12. The van der Waals surface area contributed by atoms with Gasteiger partial charge in [0.1, 0.15) is 0 Å². The molecule has 1 heterocycles. The fourth-order valence-corrected chi connectivity index (χ4v) is 2.72. The van der Waals surface area contributed by atoms with E-state index < -0.39 is 0 Å². The van der Waals surface area contributed by atoms with Crippen molar-refractivity contribution in [1.29, 1.82) is 0 Å². The Hall–Kier alpha value is -1.81. The normalized spacial score (nSPS) is 15.4. The van der Waals surface area contributed by atoms with Gasteiger partial charge in [0.2, 0.25) is 0 Å². The molecule has 0 unspecified atom stereocenters. The minimum absolute atomic E-state index is 0.154. The van der Waals surface area contributed by atoms with E-state index in [4.69, 9.17) is 5.73 Å². The molecule has 2 aromatic rings. The van der Waals surface area contributed by atoms with E-state index in [9.17, 15) is 5.11 Å². The van der Waals surface area contributed by atoms with Gasteiger partial charge in [-0.05, 0) is 43.5 Å². The second-order valence-electron chi connectivity index (χ2n) is 5.07. The fourth-order valence-electron chi connectivity index (χ4n) is 2.72. The predicted octanol–water partition coefficient (Wildman–Crippen LogP) is 2.17. The van der Waals surface area contributed by atoms with Crippen LogP contribution in [0.25, 0.3) is 10.9 Å². The van der Waals surface area contributed by atoms with E-state index >= 15 is 0 Å². The van der Waals surface area contributed by atoms with E-state index in [1.54, 1.807) is 6.20 Å². The number of fused-ring (bicyclic) bond motifs is 1. The Kier molecular flexibility index (Phi) is 3.25. The number of nitrogen functional groups attached to an aromatic ring is 1. The van der Waals surface area contributed by atoms with Crippen molar-refractivity contribution in [2.24, 2.45) is 0 Å². The quantitative estimate of drug-likeness (QED) is 0.824. The number of aromatic nitrogens is 1. The molecular weight excluding hydrogens is 238 g/mol. The van der Waals surface area contributed by atoms with Crippen LogP contribution >= 0.6 is 0 Å². The summed E-state index contributed by atoms with van der Waals surface area (Å²) in [5.74, 6) is 0. The number of aliphatic hydroxyl groups excluding tert-OH is 1. The van der Waals surface area contributed by atoms with Crippen LogP contribution in [0.1, 0.15) is 19.3 Å². The van der Waals surface area contributed by atoms with Gasteiger partial charge in [-0.25, -0.2) is 0 Å². The summed E-state index contributed by atoms with van der Waals surface area (Å²) in [6.07, 6.45) is 5.41. The number of hydrogen-bond acceptors (Lipinski definition) is 4. The van der Waals surface area contributed by atoms with E-state index in [0.717, 1.165) is 22.3 Å². The summed E-state index contributed by atoms with van der Waals surface area (Å²) in [4.78, 5) is 6.56. The smallest absolute Gasteiger partial charge is 0.0724 e. The molecule has 1 aliphatic rings. The Morgan fingerprint density at radius 3 is 2.84 bits per heavy atom. The van der Waals surface area contributed by atoms with Gasteiger partial charge in [0.25, 0.3) is 0 Å². The van der Waals surface area contributed by atoms with Crippen molar-refractivity contribution >= 4 is 22.3 Å². The lowest BCUT2D eigenvalue weighted by Gasteiger charge is -2.39. The molecule has 4 heteroatoms. The summed E-state index contributed by atoms with van der Waals surface area (Å²) in [5.41, 5.74) is 9.02. The van der Waals surface area contributed by atoms with Crippen LogP contribution in [-0.2, 0) is 0 Å². The van der Waals surface area contributed by atoms with Gasteiger partial charge in [-0.1, -0.05) is 0 Å². The molecule has 0 bridgehead atoms. The van der Waals surface area contributed by atoms with Crippen LogP contribution in [-0.4, -0.2) is 29.3 Å². The average molecular weight is 257 g/mol. The summed E-state index contributed by atoms with van der Waals surface area (Å²) in [7, 11) is 0. The number of rotatable bonds is 4. The highest BCUT2D eigenvalue weighted by atomic mass is 16.3. The zero-order chi connectivity index (χ0) is 13.2. The number of hydrogen-bond donors (Lipinski definition) is 2. The van der Waals surface area contributed by atoms with Gasteiger partial charge in [-0.15, -0.1) is 0 Å². The molecule has 4 nitrogen and oxygen atoms in total. The van der Waals surface area contributed by atoms with Gasteiger partial charge >= 0.3 is 0 Å². The molecular formula is C15H19N3O. The lowest BCUT2D eigenvalue weighted by molar-refractivity contribution is 0.284. The Bertz CT molecular complexity index is 581.